The fraction of sp³-hybridized carbons (Fsp3) is 0.348. The molecule has 4 N–H and O–H groups in total. The number of benzene rings is 1. The van der Waals surface area contributed by atoms with E-state index in [1.54, 1.807) is 6.20 Å². The molecule has 3 heterocycles. The molecule has 1 aliphatic rings. The van der Waals surface area contributed by atoms with Crippen molar-refractivity contribution >= 4 is 36.1 Å². The number of ether oxygens (including phenoxy) is 1. The number of amides is 1. The van der Waals surface area contributed by atoms with Gasteiger partial charge in [0.2, 0.25) is 0 Å². The van der Waals surface area contributed by atoms with E-state index in [9.17, 15) is 4.79 Å². The SMILES string of the molecule is CC1(C)OB(C(=Cc2c[nH]c3ncnc(N)c23)CNC(=O)OCc2ccccc2)OC1(C)C. The molecular formula is C23H28BN5O4. The quantitative estimate of drug-likeness (QED) is 0.492. The van der Waals surface area contributed by atoms with Crippen molar-refractivity contribution in [2.24, 2.45) is 0 Å². The van der Waals surface area contributed by atoms with Crippen molar-refractivity contribution in [3.05, 3.63) is 59.5 Å². The van der Waals surface area contributed by atoms with Crippen molar-refractivity contribution in [2.45, 2.75) is 45.5 Å². The van der Waals surface area contributed by atoms with Crippen molar-refractivity contribution in [2.75, 3.05) is 12.3 Å². The lowest BCUT2D eigenvalue weighted by atomic mass is 9.77. The Morgan fingerprint density at radius 2 is 1.88 bits per heavy atom. The van der Waals surface area contributed by atoms with Gasteiger partial charge in [0.25, 0.3) is 0 Å². The Bertz CT molecular complexity index is 1160. The third-order valence-corrected chi connectivity index (χ3v) is 6.08. The second-order valence-corrected chi connectivity index (χ2v) is 8.95. The topological polar surface area (TPSA) is 124 Å². The van der Waals surface area contributed by atoms with Crippen LogP contribution in [0.25, 0.3) is 17.1 Å². The Morgan fingerprint density at radius 1 is 1.18 bits per heavy atom. The fourth-order valence-corrected chi connectivity index (χ4v) is 3.47. The molecule has 0 bridgehead atoms. The zero-order valence-electron chi connectivity index (χ0n) is 19.2. The molecule has 33 heavy (non-hydrogen) atoms. The Kier molecular flexibility index (Phi) is 6.14. The number of aromatic amines is 1. The zero-order valence-corrected chi connectivity index (χ0v) is 19.2. The van der Waals surface area contributed by atoms with E-state index < -0.39 is 24.4 Å². The Morgan fingerprint density at radius 3 is 2.58 bits per heavy atom. The van der Waals surface area contributed by atoms with Gasteiger partial charge < -0.3 is 30.1 Å². The van der Waals surface area contributed by atoms with Crippen molar-refractivity contribution in [1.29, 1.82) is 0 Å². The molecule has 1 amide bonds. The number of alkyl carbamates (subject to hydrolysis) is 1. The van der Waals surface area contributed by atoms with Gasteiger partial charge in [-0.3, -0.25) is 0 Å². The minimum atomic E-state index is -0.666. The van der Waals surface area contributed by atoms with Crippen molar-refractivity contribution in [3.8, 4) is 0 Å². The van der Waals surface area contributed by atoms with E-state index in [2.05, 4.69) is 20.3 Å². The summed E-state index contributed by atoms with van der Waals surface area (Å²) >= 11 is 0. The predicted octanol–water partition coefficient (Wildman–Crippen LogP) is 3.48. The number of nitrogens with one attached hydrogen (secondary N) is 2. The van der Waals surface area contributed by atoms with Crippen LogP contribution in [-0.4, -0.2) is 45.9 Å². The first-order chi connectivity index (χ1) is 15.7. The molecule has 0 atom stereocenters. The van der Waals surface area contributed by atoms with Crippen molar-refractivity contribution < 1.29 is 18.8 Å². The third-order valence-electron chi connectivity index (χ3n) is 6.08. The molecule has 172 valence electrons. The maximum atomic E-state index is 12.4. The average molecular weight is 449 g/mol. The van der Waals surface area contributed by atoms with E-state index in [0.29, 0.717) is 22.3 Å². The molecule has 1 saturated heterocycles. The van der Waals surface area contributed by atoms with Crippen LogP contribution in [0.15, 0.2) is 48.3 Å². The summed E-state index contributed by atoms with van der Waals surface area (Å²) in [5, 5.41) is 3.49. The number of aromatic nitrogens is 3. The lowest BCUT2D eigenvalue weighted by Crippen LogP contribution is -2.41. The summed E-state index contributed by atoms with van der Waals surface area (Å²) in [5.74, 6) is 0.357. The lowest BCUT2D eigenvalue weighted by molar-refractivity contribution is 0.00578. The molecule has 10 heteroatoms. The summed E-state index contributed by atoms with van der Waals surface area (Å²) < 4.78 is 17.8. The van der Waals surface area contributed by atoms with Gasteiger partial charge in [0, 0.05) is 18.3 Å². The molecule has 0 spiro atoms. The molecule has 1 aromatic carbocycles. The number of nitrogens with two attached hydrogens (primary N) is 1. The molecule has 3 aromatic rings. The van der Waals surface area contributed by atoms with Crippen LogP contribution in [0, 0.1) is 0 Å². The van der Waals surface area contributed by atoms with Gasteiger partial charge in [0.1, 0.15) is 24.4 Å². The summed E-state index contributed by atoms with van der Waals surface area (Å²) in [6, 6.07) is 9.49. The van der Waals surface area contributed by atoms with Gasteiger partial charge in [-0.2, -0.15) is 0 Å². The highest BCUT2D eigenvalue weighted by atomic mass is 16.7. The van der Waals surface area contributed by atoms with Crippen LogP contribution in [0.4, 0.5) is 10.6 Å². The van der Waals surface area contributed by atoms with Gasteiger partial charge in [-0.25, -0.2) is 14.8 Å². The molecule has 0 radical (unpaired) electrons. The normalized spacial score (nSPS) is 17.3. The van der Waals surface area contributed by atoms with Crippen LogP contribution in [0.1, 0.15) is 38.8 Å². The molecule has 1 aliphatic heterocycles. The Labute approximate surface area is 192 Å². The number of carbonyl (C=O) groups is 1. The van der Waals surface area contributed by atoms with E-state index >= 15 is 0 Å². The summed E-state index contributed by atoms with van der Waals surface area (Å²) in [5.41, 5.74) is 8.01. The zero-order chi connectivity index (χ0) is 23.6. The molecule has 2 aromatic heterocycles. The first-order valence-electron chi connectivity index (χ1n) is 10.7. The van der Waals surface area contributed by atoms with Crippen LogP contribution in [0.2, 0.25) is 0 Å². The summed E-state index contributed by atoms with van der Waals surface area (Å²) in [6.45, 7) is 8.24. The molecule has 1 fully saturated rings. The second kappa shape index (κ2) is 8.88. The predicted molar refractivity (Wildman–Crippen MR) is 127 cm³/mol. The molecule has 9 nitrogen and oxygen atoms in total. The summed E-state index contributed by atoms with van der Waals surface area (Å²) in [4.78, 5) is 23.8. The number of nitrogen functional groups attached to an aromatic ring is 1. The molecule has 0 unspecified atom stereocenters. The molecule has 4 rings (SSSR count). The van der Waals surface area contributed by atoms with Crippen LogP contribution in [-0.2, 0) is 20.7 Å². The summed E-state index contributed by atoms with van der Waals surface area (Å²) in [6.07, 6.45) is 4.52. The Hall–Kier alpha value is -3.37. The molecule has 0 saturated carbocycles. The number of anilines is 1. The lowest BCUT2D eigenvalue weighted by Gasteiger charge is -2.32. The first kappa shape index (κ1) is 22.8. The van der Waals surface area contributed by atoms with Crippen LogP contribution >= 0.6 is 0 Å². The van der Waals surface area contributed by atoms with Crippen molar-refractivity contribution in [1.82, 2.24) is 20.3 Å². The van der Waals surface area contributed by atoms with Crippen molar-refractivity contribution in [3.63, 3.8) is 0 Å². The maximum Gasteiger partial charge on any atom is 0.492 e. The van der Waals surface area contributed by atoms with E-state index in [4.69, 9.17) is 19.8 Å². The van der Waals surface area contributed by atoms with Crippen LogP contribution < -0.4 is 11.1 Å². The highest BCUT2D eigenvalue weighted by Crippen LogP contribution is 2.39. The molecular weight excluding hydrogens is 421 g/mol. The number of H-pyrrole nitrogens is 1. The van der Waals surface area contributed by atoms with Crippen LogP contribution in [0.5, 0.6) is 0 Å². The van der Waals surface area contributed by atoms with Gasteiger partial charge in [-0.05, 0) is 38.7 Å². The largest absolute Gasteiger partial charge is 0.492 e. The number of fused-ring (bicyclic) bond motifs is 1. The third kappa shape index (κ3) is 4.86. The number of rotatable bonds is 6. The smallest absolute Gasteiger partial charge is 0.445 e. The highest BCUT2D eigenvalue weighted by molar-refractivity contribution is 6.56. The van der Waals surface area contributed by atoms with Gasteiger partial charge in [0.05, 0.1) is 16.6 Å². The first-order valence-corrected chi connectivity index (χ1v) is 10.7. The van der Waals surface area contributed by atoms with E-state index in [1.165, 1.54) is 6.33 Å². The average Bonchev–Trinajstić information content (AvgIpc) is 3.28. The number of nitrogens with zero attached hydrogens (tertiary/aromatic N) is 2. The van der Waals surface area contributed by atoms with Crippen LogP contribution in [0.3, 0.4) is 0 Å². The van der Waals surface area contributed by atoms with Gasteiger partial charge >= 0.3 is 13.2 Å². The molecule has 0 aliphatic carbocycles. The van der Waals surface area contributed by atoms with E-state index in [1.807, 2.05) is 64.1 Å². The Balaban J connectivity index is 1.55. The number of hydrogen-bond donors (Lipinski definition) is 3. The van der Waals surface area contributed by atoms with Gasteiger partial charge in [0.15, 0.2) is 0 Å². The number of hydrogen-bond acceptors (Lipinski definition) is 7. The van der Waals surface area contributed by atoms with Gasteiger partial charge in [-0.15, -0.1) is 0 Å². The summed E-state index contributed by atoms with van der Waals surface area (Å²) in [7, 11) is -0.666. The second-order valence-electron chi connectivity index (χ2n) is 8.95. The standard InChI is InChI=1S/C23H28BN5O4/c1-22(2)23(3,4)33-24(32-22)17(10-16-11-26-20-18(16)19(25)28-14-29-20)12-27-21(30)31-13-15-8-6-5-7-9-15/h5-11,14H,12-13H2,1-4H3,(H,27,30)(H3,25,26,28,29). The monoisotopic (exact) mass is 449 g/mol. The minimum absolute atomic E-state index is 0.157. The minimum Gasteiger partial charge on any atom is -0.445 e. The highest BCUT2D eigenvalue weighted by Gasteiger charge is 2.52. The van der Waals surface area contributed by atoms with E-state index in [0.717, 1.165) is 11.1 Å². The van der Waals surface area contributed by atoms with Gasteiger partial charge in [-0.1, -0.05) is 36.4 Å². The fourth-order valence-electron chi connectivity index (χ4n) is 3.47. The van der Waals surface area contributed by atoms with E-state index in [-0.39, 0.29) is 13.2 Å². The maximum absolute atomic E-state index is 12.4. The number of carbonyl (C=O) groups excluding carboxylic acids is 1.